The third kappa shape index (κ3) is 5.61. The molecule has 1 heterocycles. The van der Waals surface area contributed by atoms with Crippen molar-refractivity contribution < 1.29 is 4.79 Å². The summed E-state index contributed by atoms with van der Waals surface area (Å²) < 4.78 is 0. The summed E-state index contributed by atoms with van der Waals surface area (Å²) in [4.78, 5) is 12.8. The van der Waals surface area contributed by atoms with Crippen LogP contribution in [0.4, 0.5) is 5.69 Å². The summed E-state index contributed by atoms with van der Waals surface area (Å²) in [6, 6.07) is 10.6. The van der Waals surface area contributed by atoms with Gasteiger partial charge in [-0.2, -0.15) is 0 Å². The molecule has 2 aromatic rings. The summed E-state index contributed by atoms with van der Waals surface area (Å²) in [5.74, 6) is 0.0628. The van der Waals surface area contributed by atoms with E-state index in [0.717, 1.165) is 66.2 Å². The molecule has 1 amide bonds. The molecule has 0 bridgehead atoms. The lowest BCUT2D eigenvalue weighted by molar-refractivity contribution is 0.0932. The Labute approximate surface area is 191 Å². The molecule has 2 aromatic carbocycles. The number of halogens is 1. The second-order valence-electron chi connectivity index (χ2n) is 8.97. The molecular formula is C26H34ClN3O. The lowest BCUT2D eigenvalue weighted by atomic mass is 10.00. The van der Waals surface area contributed by atoms with Crippen molar-refractivity contribution in [2.45, 2.75) is 70.9 Å². The van der Waals surface area contributed by atoms with Gasteiger partial charge >= 0.3 is 0 Å². The van der Waals surface area contributed by atoms with Crippen molar-refractivity contribution in [3.05, 3.63) is 63.2 Å². The van der Waals surface area contributed by atoms with Crippen LogP contribution in [-0.2, 0) is 19.4 Å². The highest BCUT2D eigenvalue weighted by Gasteiger charge is 2.18. The molecule has 4 nitrogen and oxygen atoms in total. The normalized spacial score (nSPS) is 17.4. The Balaban J connectivity index is 1.43. The Morgan fingerprint density at radius 3 is 2.61 bits per heavy atom. The van der Waals surface area contributed by atoms with Crippen LogP contribution < -0.4 is 16.0 Å². The fraction of sp³-hybridized carbons (Fsp3) is 0.500. The topological polar surface area (TPSA) is 53.2 Å². The molecule has 1 aliphatic carbocycles. The summed E-state index contributed by atoms with van der Waals surface area (Å²) in [6.45, 7) is 4.71. The largest absolute Gasteiger partial charge is 0.380 e. The van der Waals surface area contributed by atoms with Gasteiger partial charge in [-0.05, 0) is 80.1 Å². The fourth-order valence-corrected chi connectivity index (χ4v) is 5.15. The molecule has 0 saturated heterocycles. The Hall–Kier alpha value is -2.04. The zero-order valence-electron chi connectivity index (χ0n) is 18.5. The standard InChI is InChI=1S/C26H34ClN3O/c1-18-16-19(8-10-22(18)26(31)30-21-6-4-2-3-5-7-21)17-29-25-23-13-15-28-14-12-20(23)9-11-24(25)27/h8-11,16,21,28-29H,2-7,12-15,17H2,1H3,(H,30,31). The van der Waals surface area contributed by atoms with Crippen LogP contribution in [0.25, 0.3) is 0 Å². The van der Waals surface area contributed by atoms with Crippen LogP contribution in [0, 0.1) is 6.92 Å². The Kier molecular flexibility index (Phi) is 7.52. The van der Waals surface area contributed by atoms with E-state index in [2.05, 4.69) is 34.1 Å². The number of carbonyl (C=O) groups is 1. The first kappa shape index (κ1) is 22.2. The molecule has 31 heavy (non-hydrogen) atoms. The maximum absolute atomic E-state index is 12.8. The van der Waals surface area contributed by atoms with Crippen LogP contribution in [0.1, 0.15) is 71.1 Å². The first-order valence-electron chi connectivity index (χ1n) is 11.8. The van der Waals surface area contributed by atoms with Crippen molar-refractivity contribution in [1.82, 2.24) is 10.6 Å². The van der Waals surface area contributed by atoms with Gasteiger partial charge in [0.15, 0.2) is 0 Å². The highest BCUT2D eigenvalue weighted by molar-refractivity contribution is 6.33. The number of benzene rings is 2. The fourth-order valence-electron chi connectivity index (χ4n) is 4.90. The summed E-state index contributed by atoms with van der Waals surface area (Å²) in [5.41, 5.74) is 6.71. The second-order valence-corrected chi connectivity index (χ2v) is 9.38. The minimum Gasteiger partial charge on any atom is -0.380 e. The van der Waals surface area contributed by atoms with Gasteiger partial charge in [-0.1, -0.05) is 55.5 Å². The van der Waals surface area contributed by atoms with Crippen LogP contribution >= 0.6 is 11.6 Å². The number of nitrogens with one attached hydrogen (secondary N) is 3. The first-order valence-corrected chi connectivity index (χ1v) is 12.1. The average Bonchev–Trinajstić information content (AvgIpc) is 3.16. The van der Waals surface area contributed by atoms with E-state index in [-0.39, 0.29) is 5.91 Å². The van der Waals surface area contributed by atoms with E-state index in [1.807, 2.05) is 19.1 Å². The van der Waals surface area contributed by atoms with Crippen molar-refractivity contribution in [2.24, 2.45) is 0 Å². The van der Waals surface area contributed by atoms with Crippen molar-refractivity contribution >= 4 is 23.2 Å². The van der Waals surface area contributed by atoms with Gasteiger partial charge in [0, 0.05) is 18.2 Å². The highest BCUT2D eigenvalue weighted by Crippen LogP contribution is 2.31. The van der Waals surface area contributed by atoms with Crippen LogP contribution in [0.5, 0.6) is 0 Å². The van der Waals surface area contributed by atoms with E-state index < -0.39 is 0 Å². The van der Waals surface area contributed by atoms with Gasteiger partial charge in [-0.25, -0.2) is 0 Å². The molecule has 4 rings (SSSR count). The smallest absolute Gasteiger partial charge is 0.251 e. The van der Waals surface area contributed by atoms with Crippen LogP contribution in [-0.4, -0.2) is 25.0 Å². The number of rotatable bonds is 5. The predicted molar refractivity (Wildman–Crippen MR) is 129 cm³/mol. The van der Waals surface area contributed by atoms with Gasteiger partial charge in [0.05, 0.1) is 10.7 Å². The molecule has 1 aliphatic heterocycles. The first-order chi connectivity index (χ1) is 15.1. The lowest BCUT2D eigenvalue weighted by Crippen LogP contribution is -2.34. The third-order valence-electron chi connectivity index (χ3n) is 6.68. The number of aryl methyl sites for hydroxylation is 1. The average molecular weight is 440 g/mol. The molecule has 0 aromatic heterocycles. The van der Waals surface area contributed by atoms with Crippen LogP contribution in [0.15, 0.2) is 30.3 Å². The Morgan fingerprint density at radius 1 is 1.06 bits per heavy atom. The molecule has 166 valence electrons. The van der Waals surface area contributed by atoms with Gasteiger partial charge in [-0.15, -0.1) is 0 Å². The minimum atomic E-state index is 0.0628. The number of anilines is 1. The van der Waals surface area contributed by atoms with Gasteiger partial charge in [0.1, 0.15) is 0 Å². The summed E-state index contributed by atoms with van der Waals surface area (Å²) >= 11 is 6.55. The maximum Gasteiger partial charge on any atom is 0.251 e. The van der Waals surface area contributed by atoms with Crippen LogP contribution in [0.3, 0.4) is 0 Å². The molecule has 1 saturated carbocycles. The lowest BCUT2D eigenvalue weighted by Gasteiger charge is -2.18. The molecule has 1 fully saturated rings. The molecule has 0 spiro atoms. The minimum absolute atomic E-state index is 0.0628. The van der Waals surface area contributed by atoms with Crippen molar-refractivity contribution in [1.29, 1.82) is 0 Å². The second kappa shape index (κ2) is 10.5. The number of amides is 1. The van der Waals surface area contributed by atoms with E-state index in [9.17, 15) is 4.79 Å². The summed E-state index contributed by atoms with van der Waals surface area (Å²) in [5, 5.41) is 11.1. The van der Waals surface area contributed by atoms with E-state index in [0.29, 0.717) is 12.6 Å². The highest BCUT2D eigenvalue weighted by atomic mass is 35.5. The van der Waals surface area contributed by atoms with E-state index in [1.54, 1.807) is 0 Å². The molecule has 0 atom stereocenters. The van der Waals surface area contributed by atoms with E-state index >= 15 is 0 Å². The summed E-state index contributed by atoms with van der Waals surface area (Å²) in [6.07, 6.45) is 9.24. The number of hydrogen-bond donors (Lipinski definition) is 3. The van der Waals surface area contributed by atoms with Gasteiger partial charge < -0.3 is 16.0 Å². The summed E-state index contributed by atoms with van der Waals surface area (Å²) in [7, 11) is 0. The van der Waals surface area contributed by atoms with Crippen molar-refractivity contribution in [3.8, 4) is 0 Å². The number of carbonyl (C=O) groups excluding carboxylic acids is 1. The molecule has 5 heteroatoms. The third-order valence-corrected chi connectivity index (χ3v) is 6.99. The van der Waals surface area contributed by atoms with E-state index in [1.165, 1.54) is 36.8 Å². The molecule has 2 aliphatic rings. The zero-order valence-corrected chi connectivity index (χ0v) is 19.3. The van der Waals surface area contributed by atoms with Gasteiger partial charge in [-0.3, -0.25) is 4.79 Å². The molecular weight excluding hydrogens is 406 g/mol. The van der Waals surface area contributed by atoms with Gasteiger partial charge in [0.25, 0.3) is 5.91 Å². The number of hydrogen-bond acceptors (Lipinski definition) is 3. The molecule has 0 unspecified atom stereocenters. The Morgan fingerprint density at radius 2 is 1.84 bits per heavy atom. The maximum atomic E-state index is 12.8. The predicted octanol–water partition coefficient (Wildman–Crippen LogP) is 5.40. The van der Waals surface area contributed by atoms with Crippen molar-refractivity contribution in [3.63, 3.8) is 0 Å². The monoisotopic (exact) mass is 439 g/mol. The SMILES string of the molecule is Cc1cc(CNc2c(Cl)ccc3c2CCNCC3)ccc1C(=O)NC1CCCCCC1. The Bertz CT molecular complexity index is 919. The zero-order chi connectivity index (χ0) is 21.6. The van der Waals surface area contributed by atoms with Crippen molar-refractivity contribution in [2.75, 3.05) is 18.4 Å². The number of fused-ring (bicyclic) bond motifs is 1. The molecule has 3 N–H and O–H groups in total. The van der Waals surface area contributed by atoms with E-state index in [4.69, 9.17) is 11.6 Å². The van der Waals surface area contributed by atoms with Crippen LogP contribution in [0.2, 0.25) is 5.02 Å². The molecule has 0 radical (unpaired) electrons. The quantitative estimate of drug-likeness (QED) is 0.546. The van der Waals surface area contributed by atoms with Gasteiger partial charge in [0.2, 0.25) is 0 Å².